The average molecular weight is 276 g/mol. The number of rotatable bonds is 2. The van der Waals surface area contributed by atoms with Gasteiger partial charge in [-0.25, -0.2) is 4.79 Å². The van der Waals surface area contributed by atoms with Gasteiger partial charge in [0.15, 0.2) is 5.58 Å². The third kappa shape index (κ3) is 2.40. The normalized spacial score (nSPS) is 26.8. The van der Waals surface area contributed by atoms with Crippen molar-refractivity contribution in [1.82, 2.24) is 4.98 Å². The van der Waals surface area contributed by atoms with Crippen LogP contribution in [0.5, 0.6) is 5.75 Å². The van der Waals surface area contributed by atoms with Crippen molar-refractivity contribution in [3.05, 3.63) is 22.7 Å². The number of nitrogens with two attached hydrogens (primary N) is 1. The summed E-state index contributed by atoms with van der Waals surface area (Å²) in [5, 5.41) is 0. The fourth-order valence-electron chi connectivity index (χ4n) is 2.88. The second-order valence-corrected chi connectivity index (χ2v) is 5.91. The molecule has 3 N–H and O–H groups in total. The van der Waals surface area contributed by atoms with Gasteiger partial charge in [-0.05, 0) is 31.1 Å². The first-order valence-corrected chi connectivity index (χ1v) is 7.12. The number of hydrogen-bond acceptors (Lipinski definition) is 4. The summed E-state index contributed by atoms with van der Waals surface area (Å²) in [6.45, 7) is 4.55. The second kappa shape index (κ2) is 4.89. The molecule has 2 aromatic rings. The van der Waals surface area contributed by atoms with Crippen LogP contribution in [-0.4, -0.2) is 11.1 Å². The topological polar surface area (TPSA) is 81.2 Å². The third-order valence-electron chi connectivity index (χ3n) is 4.40. The lowest BCUT2D eigenvalue weighted by Crippen LogP contribution is -2.29. The first-order chi connectivity index (χ1) is 9.52. The number of ether oxygens (including phenoxy) is 1. The van der Waals surface area contributed by atoms with Crippen molar-refractivity contribution < 1.29 is 9.15 Å². The standard InChI is InChI=1S/C15H20N2O3/c1-8-3-4-10(5-9(8)2)19-13-7-12-14(6-11(13)16)20-15(18)17-12/h6-10H,3-5,16H2,1-2H3,(H,17,18). The van der Waals surface area contributed by atoms with Gasteiger partial charge in [0.2, 0.25) is 0 Å². The predicted molar refractivity (Wildman–Crippen MR) is 77.8 cm³/mol. The SMILES string of the molecule is CC1CCC(Oc2cc3[nH]c(=O)oc3cc2N)CC1C. The van der Waals surface area contributed by atoms with Crippen LogP contribution < -0.4 is 16.2 Å². The van der Waals surface area contributed by atoms with Gasteiger partial charge in [0.25, 0.3) is 0 Å². The van der Waals surface area contributed by atoms with E-state index < -0.39 is 5.76 Å². The molecule has 0 spiro atoms. The minimum absolute atomic E-state index is 0.194. The van der Waals surface area contributed by atoms with Gasteiger partial charge >= 0.3 is 5.76 Å². The van der Waals surface area contributed by atoms with Crippen LogP contribution in [-0.2, 0) is 0 Å². The monoisotopic (exact) mass is 276 g/mol. The molecule has 0 saturated heterocycles. The highest BCUT2D eigenvalue weighted by Crippen LogP contribution is 2.34. The molecule has 5 nitrogen and oxygen atoms in total. The Kier molecular flexibility index (Phi) is 3.20. The van der Waals surface area contributed by atoms with Crippen molar-refractivity contribution in [2.24, 2.45) is 11.8 Å². The number of aromatic nitrogens is 1. The Labute approximate surface area is 117 Å². The summed E-state index contributed by atoms with van der Waals surface area (Å²) in [5.41, 5.74) is 7.57. The molecular formula is C15H20N2O3. The average Bonchev–Trinajstić information content (AvgIpc) is 2.73. The Morgan fingerprint density at radius 2 is 2.10 bits per heavy atom. The van der Waals surface area contributed by atoms with Crippen molar-refractivity contribution in [1.29, 1.82) is 0 Å². The number of nitrogen functional groups attached to an aromatic ring is 1. The van der Waals surface area contributed by atoms with Gasteiger partial charge in [-0.15, -0.1) is 0 Å². The number of H-pyrrole nitrogens is 1. The highest BCUT2D eigenvalue weighted by Gasteiger charge is 2.26. The lowest BCUT2D eigenvalue weighted by Gasteiger charge is -2.32. The van der Waals surface area contributed by atoms with Gasteiger partial charge in [-0.3, -0.25) is 4.98 Å². The summed E-state index contributed by atoms with van der Waals surface area (Å²) in [4.78, 5) is 13.8. The number of oxazole rings is 1. The molecule has 5 heteroatoms. The summed E-state index contributed by atoms with van der Waals surface area (Å²) in [6, 6.07) is 3.38. The van der Waals surface area contributed by atoms with Crippen LogP contribution in [0.15, 0.2) is 21.3 Å². The van der Waals surface area contributed by atoms with Crippen LogP contribution in [0.1, 0.15) is 33.1 Å². The fraction of sp³-hybridized carbons (Fsp3) is 0.533. The summed E-state index contributed by atoms with van der Waals surface area (Å²) >= 11 is 0. The number of benzene rings is 1. The molecule has 1 aromatic heterocycles. The fourth-order valence-corrected chi connectivity index (χ4v) is 2.88. The number of aromatic amines is 1. The van der Waals surface area contributed by atoms with Gasteiger partial charge < -0.3 is 14.9 Å². The van der Waals surface area contributed by atoms with E-state index in [1.807, 2.05) is 0 Å². The maximum atomic E-state index is 11.2. The molecule has 1 aliphatic carbocycles. The van der Waals surface area contributed by atoms with Gasteiger partial charge in [0.1, 0.15) is 5.75 Å². The van der Waals surface area contributed by atoms with Gasteiger partial charge in [-0.1, -0.05) is 13.8 Å². The van der Waals surface area contributed by atoms with Gasteiger partial charge in [0, 0.05) is 12.1 Å². The number of fused-ring (bicyclic) bond motifs is 1. The smallest absolute Gasteiger partial charge is 0.417 e. The first-order valence-electron chi connectivity index (χ1n) is 7.12. The van der Waals surface area contributed by atoms with Crippen molar-refractivity contribution in [3.63, 3.8) is 0 Å². The highest BCUT2D eigenvalue weighted by molar-refractivity contribution is 5.80. The molecule has 108 valence electrons. The van der Waals surface area contributed by atoms with Crippen molar-refractivity contribution in [3.8, 4) is 5.75 Å². The molecule has 0 bridgehead atoms. The van der Waals surface area contributed by atoms with E-state index in [4.69, 9.17) is 14.9 Å². The number of anilines is 1. The summed E-state index contributed by atoms with van der Waals surface area (Å²) in [7, 11) is 0. The third-order valence-corrected chi connectivity index (χ3v) is 4.40. The zero-order chi connectivity index (χ0) is 14.3. The van der Waals surface area contributed by atoms with Crippen molar-refractivity contribution >= 4 is 16.8 Å². The molecular weight excluding hydrogens is 256 g/mol. The van der Waals surface area contributed by atoms with E-state index in [0.29, 0.717) is 28.5 Å². The van der Waals surface area contributed by atoms with Gasteiger partial charge in [-0.2, -0.15) is 0 Å². The maximum Gasteiger partial charge on any atom is 0.417 e. The Morgan fingerprint density at radius 3 is 2.85 bits per heavy atom. The lowest BCUT2D eigenvalue weighted by atomic mass is 9.80. The minimum Gasteiger partial charge on any atom is -0.488 e. The van der Waals surface area contributed by atoms with Crippen LogP contribution in [0.3, 0.4) is 0 Å². The van der Waals surface area contributed by atoms with E-state index in [-0.39, 0.29) is 6.10 Å². The molecule has 1 aromatic carbocycles. The molecule has 1 heterocycles. The Bertz CT molecular complexity index is 673. The Balaban J connectivity index is 1.83. The molecule has 1 fully saturated rings. The van der Waals surface area contributed by atoms with Crippen molar-refractivity contribution in [2.75, 3.05) is 5.73 Å². The van der Waals surface area contributed by atoms with Crippen LogP contribution in [0.2, 0.25) is 0 Å². The maximum absolute atomic E-state index is 11.2. The van der Waals surface area contributed by atoms with Crippen LogP contribution in [0.25, 0.3) is 11.1 Å². The molecule has 20 heavy (non-hydrogen) atoms. The Hall–Kier alpha value is -1.91. The number of hydrogen-bond donors (Lipinski definition) is 2. The van der Waals surface area contributed by atoms with E-state index in [1.54, 1.807) is 12.1 Å². The summed E-state index contributed by atoms with van der Waals surface area (Å²) in [5.74, 6) is 1.56. The molecule has 1 saturated carbocycles. The summed E-state index contributed by atoms with van der Waals surface area (Å²) in [6.07, 6.45) is 3.46. The summed E-state index contributed by atoms with van der Waals surface area (Å²) < 4.78 is 11.0. The highest BCUT2D eigenvalue weighted by atomic mass is 16.5. The quantitative estimate of drug-likeness (QED) is 0.826. The molecule has 3 rings (SSSR count). The predicted octanol–water partition coefficient (Wildman–Crippen LogP) is 2.91. The molecule has 0 aliphatic heterocycles. The van der Waals surface area contributed by atoms with Gasteiger partial charge in [0.05, 0.1) is 17.3 Å². The Morgan fingerprint density at radius 1 is 1.30 bits per heavy atom. The van der Waals surface area contributed by atoms with E-state index >= 15 is 0 Å². The largest absolute Gasteiger partial charge is 0.488 e. The zero-order valence-corrected chi connectivity index (χ0v) is 11.8. The van der Waals surface area contributed by atoms with E-state index in [0.717, 1.165) is 18.8 Å². The van der Waals surface area contributed by atoms with Crippen LogP contribution >= 0.6 is 0 Å². The molecule has 0 amide bonds. The van der Waals surface area contributed by atoms with E-state index in [1.165, 1.54) is 6.42 Å². The second-order valence-electron chi connectivity index (χ2n) is 5.91. The molecule has 0 radical (unpaired) electrons. The van der Waals surface area contributed by atoms with E-state index in [9.17, 15) is 4.79 Å². The van der Waals surface area contributed by atoms with Crippen LogP contribution in [0.4, 0.5) is 5.69 Å². The lowest BCUT2D eigenvalue weighted by molar-refractivity contribution is 0.101. The molecule has 3 unspecified atom stereocenters. The zero-order valence-electron chi connectivity index (χ0n) is 11.8. The van der Waals surface area contributed by atoms with Crippen LogP contribution in [0, 0.1) is 11.8 Å². The minimum atomic E-state index is -0.475. The number of nitrogens with one attached hydrogen (secondary N) is 1. The first kappa shape index (κ1) is 13.1. The molecule has 1 aliphatic rings. The van der Waals surface area contributed by atoms with Crippen molar-refractivity contribution in [2.45, 2.75) is 39.2 Å². The van der Waals surface area contributed by atoms with E-state index in [2.05, 4.69) is 18.8 Å². The molecule has 3 atom stereocenters.